The number of sulfone groups is 1. The lowest BCUT2D eigenvalue weighted by molar-refractivity contribution is 0.0435. The van der Waals surface area contributed by atoms with Crippen LogP contribution in [0.2, 0.25) is 0 Å². The molecule has 2 bridgehead atoms. The molecule has 2 saturated heterocycles. The summed E-state index contributed by atoms with van der Waals surface area (Å²) < 4.78 is 45.2. The number of methoxy groups -OCH3 is 2. The van der Waals surface area contributed by atoms with E-state index in [9.17, 15) is 18.5 Å². The van der Waals surface area contributed by atoms with Gasteiger partial charge >= 0.3 is 6.09 Å². The predicted octanol–water partition coefficient (Wildman–Crippen LogP) is 4.20. The number of benzene rings is 2. The molecule has 11 heteroatoms. The van der Waals surface area contributed by atoms with Gasteiger partial charge in [0.2, 0.25) is 0 Å². The second-order valence-electron chi connectivity index (χ2n) is 10.6. The average Bonchev–Trinajstić information content (AvgIpc) is 3.19. The van der Waals surface area contributed by atoms with Crippen molar-refractivity contribution in [3.63, 3.8) is 0 Å². The Hall–Kier alpha value is -3.49. The van der Waals surface area contributed by atoms with Gasteiger partial charge in [0.15, 0.2) is 11.5 Å². The van der Waals surface area contributed by atoms with Gasteiger partial charge in [-0.2, -0.15) is 5.26 Å². The molecule has 2 heterocycles. The molecule has 2 fully saturated rings. The van der Waals surface area contributed by atoms with Gasteiger partial charge < -0.3 is 23.8 Å². The SMILES string of the molecule is COc1ccc(OC(CCCN2C3CCC2CN(C(=O)OCCCS(C)(=O)=O)C3)c2ccc(C#N)cc2)cc1OC. The minimum absolute atomic E-state index is 0.0124. The topological polar surface area (TPSA) is 118 Å². The summed E-state index contributed by atoms with van der Waals surface area (Å²) in [7, 11) is 0.117. The third kappa shape index (κ3) is 8.27. The fourth-order valence-corrected chi connectivity index (χ4v) is 6.30. The first-order valence-electron chi connectivity index (χ1n) is 13.9. The number of amides is 1. The number of piperazine rings is 1. The minimum atomic E-state index is -3.07. The molecule has 0 spiro atoms. The van der Waals surface area contributed by atoms with E-state index in [1.807, 2.05) is 30.3 Å². The maximum Gasteiger partial charge on any atom is 0.409 e. The highest BCUT2D eigenvalue weighted by atomic mass is 32.2. The van der Waals surface area contributed by atoms with Crippen molar-refractivity contribution >= 4 is 15.9 Å². The molecule has 0 aromatic heterocycles. The van der Waals surface area contributed by atoms with Crippen LogP contribution in [0.25, 0.3) is 0 Å². The van der Waals surface area contributed by atoms with E-state index in [-0.39, 0.29) is 36.6 Å². The maximum atomic E-state index is 12.6. The van der Waals surface area contributed by atoms with Crippen LogP contribution in [-0.2, 0) is 14.6 Å². The summed E-state index contributed by atoms with van der Waals surface area (Å²) in [6, 6.07) is 15.7. The molecule has 3 unspecified atom stereocenters. The van der Waals surface area contributed by atoms with Gasteiger partial charge in [-0.1, -0.05) is 12.1 Å². The third-order valence-electron chi connectivity index (χ3n) is 7.70. The third-order valence-corrected chi connectivity index (χ3v) is 8.73. The number of carbonyl (C=O) groups is 1. The Labute approximate surface area is 242 Å². The number of ether oxygens (including phenoxy) is 4. The Bertz CT molecular complexity index is 1310. The van der Waals surface area contributed by atoms with E-state index < -0.39 is 9.84 Å². The first-order valence-corrected chi connectivity index (χ1v) is 16.0. The molecule has 4 rings (SSSR count). The van der Waals surface area contributed by atoms with E-state index in [0.29, 0.717) is 42.3 Å². The Morgan fingerprint density at radius 1 is 1.02 bits per heavy atom. The van der Waals surface area contributed by atoms with Crippen LogP contribution in [0.4, 0.5) is 4.79 Å². The molecule has 2 aromatic rings. The van der Waals surface area contributed by atoms with Crippen LogP contribution in [0.5, 0.6) is 17.2 Å². The Morgan fingerprint density at radius 3 is 2.32 bits per heavy atom. The van der Waals surface area contributed by atoms with Gasteiger partial charge in [0.1, 0.15) is 21.7 Å². The average molecular weight is 586 g/mol. The number of carbonyl (C=O) groups excluding carboxylic acids is 1. The fourth-order valence-electron chi connectivity index (χ4n) is 5.66. The van der Waals surface area contributed by atoms with Gasteiger partial charge in [-0.3, -0.25) is 4.90 Å². The highest BCUT2D eigenvalue weighted by Crippen LogP contribution is 2.35. The summed E-state index contributed by atoms with van der Waals surface area (Å²) in [5.74, 6) is 1.90. The van der Waals surface area contributed by atoms with Gasteiger partial charge in [-0.15, -0.1) is 0 Å². The lowest BCUT2D eigenvalue weighted by Gasteiger charge is -2.40. The summed E-state index contributed by atoms with van der Waals surface area (Å²) in [6.07, 6.45) is 4.63. The monoisotopic (exact) mass is 585 g/mol. The highest BCUT2D eigenvalue weighted by Gasteiger charge is 2.41. The number of nitrogens with zero attached hydrogens (tertiary/aromatic N) is 3. The second-order valence-corrected chi connectivity index (χ2v) is 12.9. The van der Waals surface area contributed by atoms with Crippen LogP contribution >= 0.6 is 0 Å². The molecule has 1 amide bonds. The van der Waals surface area contributed by atoms with Crippen molar-refractivity contribution in [3.05, 3.63) is 53.6 Å². The van der Waals surface area contributed by atoms with E-state index in [1.165, 1.54) is 6.26 Å². The van der Waals surface area contributed by atoms with E-state index in [1.54, 1.807) is 31.3 Å². The van der Waals surface area contributed by atoms with Gasteiger partial charge in [0.25, 0.3) is 0 Å². The Kier molecular flexibility index (Phi) is 10.3. The molecule has 0 aliphatic carbocycles. The van der Waals surface area contributed by atoms with Crippen molar-refractivity contribution < 1.29 is 32.2 Å². The normalized spacial score (nSPS) is 19.3. The van der Waals surface area contributed by atoms with Crippen LogP contribution in [0, 0.1) is 11.3 Å². The summed E-state index contributed by atoms with van der Waals surface area (Å²) in [4.78, 5) is 16.9. The zero-order valence-corrected chi connectivity index (χ0v) is 24.8. The van der Waals surface area contributed by atoms with Gasteiger partial charge in [-0.25, -0.2) is 13.2 Å². The largest absolute Gasteiger partial charge is 0.493 e. The number of nitriles is 1. The van der Waals surface area contributed by atoms with Crippen molar-refractivity contribution in [1.29, 1.82) is 5.26 Å². The minimum Gasteiger partial charge on any atom is -0.493 e. The number of fused-ring (bicyclic) bond motifs is 2. The molecule has 0 saturated carbocycles. The zero-order chi connectivity index (χ0) is 29.4. The molecule has 2 aromatic carbocycles. The Balaban J connectivity index is 1.34. The number of hydrogen-bond donors (Lipinski definition) is 0. The van der Waals surface area contributed by atoms with Crippen molar-refractivity contribution in [2.24, 2.45) is 0 Å². The van der Waals surface area contributed by atoms with Crippen molar-refractivity contribution in [3.8, 4) is 23.3 Å². The van der Waals surface area contributed by atoms with Crippen LogP contribution in [0.15, 0.2) is 42.5 Å². The first kappa shape index (κ1) is 30.5. The lowest BCUT2D eigenvalue weighted by atomic mass is 10.0. The van der Waals surface area contributed by atoms with E-state index in [0.717, 1.165) is 37.8 Å². The van der Waals surface area contributed by atoms with Crippen LogP contribution in [-0.4, -0.2) is 88.9 Å². The fraction of sp³-hybridized carbons (Fsp3) is 0.533. The number of hydrogen-bond acceptors (Lipinski definition) is 9. The Morgan fingerprint density at radius 2 is 1.71 bits per heavy atom. The summed E-state index contributed by atoms with van der Waals surface area (Å²) >= 11 is 0. The molecule has 222 valence electrons. The zero-order valence-electron chi connectivity index (χ0n) is 24.0. The van der Waals surface area contributed by atoms with E-state index >= 15 is 0 Å². The van der Waals surface area contributed by atoms with Crippen molar-refractivity contribution in [2.75, 3.05) is 52.5 Å². The second kappa shape index (κ2) is 13.9. The molecule has 41 heavy (non-hydrogen) atoms. The first-order chi connectivity index (χ1) is 19.7. The number of likely N-dealkylation sites (tertiary alicyclic amines) is 1. The predicted molar refractivity (Wildman–Crippen MR) is 154 cm³/mol. The summed E-state index contributed by atoms with van der Waals surface area (Å²) in [5.41, 5.74) is 1.59. The van der Waals surface area contributed by atoms with Gasteiger partial charge in [0.05, 0.1) is 38.2 Å². The molecular formula is C30H39N3O7S. The quantitative estimate of drug-likeness (QED) is 0.319. The molecular weight excluding hydrogens is 546 g/mol. The molecule has 0 radical (unpaired) electrons. The standard InChI is InChI=1S/C30H39N3O7S/c1-37-28-14-13-26(18-29(28)38-2)40-27(23-9-7-22(19-31)8-10-23)6-4-15-33-24-11-12-25(33)21-32(20-24)30(34)39-16-5-17-41(3,35)36/h7-10,13-14,18,24-25,27H,4-6,11-12,15-17,20-21H2,1-3H3. The molecule has 0 N–H and O–H groups in total. The summed E-state index contributed by atoms with van der Waals surface area (Å²) in [6.45, 7) is 2.22. The smallest absolute Gasteiger partial charge is 0.409 e. The molecule has 2 aliphatic heterocycles. The lowest BCUT2D eigenvalue weighted by Crippen LogP contribution is -2.55. The van der Waals surface area contributed by atoms with Crippen molar-refractivity contribution in [2.45, 2.75) is 50.3 Å². The van der Waals surface area contributed by atoms with Crippen LogP contribution in [0.3, 0.4) is 0 Å². The highest BCUT2D eigenvalue weighted by molar-refractivity contribution is 7.90. The maximum absolute atomic E-state index is 12.6. The molecule has 2 aliphatic rings. The summed E-state index contributed by atoms with van der Waals surface area (Å²) in [5, 5.41) is 9.22. The van der Waals surface area contributed by atoms with Gasteiger partial charge in [0, 0.05) is 37.5 Å². The molecule has 10 nitrogen and oxygen atoms in total. The van der Waals surface area contributed by atoms with E-state index in [4.69, 9.17) is 18.9 Å². The van der Waals surface area contributed by atoms with Crippen molar-refractivity contribution in [1.82, 2.24) is 9.80 Å². The number of rotatable bonds is 13. The van der Waals surface area contributed by atoms with Crippen LogP contribution in [0.1, 0.15) is 49.3 Å². The molecule has 3 atom stereocenters. The van der Waals surface area contributed by atoms with Crippen LogP contribution < -0.4 is 14.2 Å². The van der Waals surface area contributed by atoms with E-state index in [2.05, 4.69) is 11.0 Å². The van der Waals surface area contributed by atoms with Gasteiger partial charge in [-0.05, 0) is 68.5 Å².